The lowest BCUT2D eigenvalue weighted by molar-refractivity contribution is -0.146. The zero-order valence-electron chi connectivity index (χ0n) is 8.84. The maximum Gasteiger partial charge on any atom is 0.306 e. The van der Waals surface area contributed by atoms with Crippen LogP contribution in [0.2, 0.25) is 0 Å². The lowest BCUT2D eigenvalue weighted by atomic mass is 9.76. The van der Waals surface area contributed by atoms with Crippen LogP contribution >= 0.6 is 0 Å². The van der Waals surface area contributed by atoms with E-state index >= 15 is 0 Å². The standard InChI is InChI=1S/C10H20N2O2/c1-2-14-9(13)7-10(8-11)3-5-12-6-4-10/h12H,2-8,11H2,1H3. The van der Waals surface area contributed by atoms with Gasteiger partial charge in [0.25, 0.3) is 0 Å². The van der Waals surface area contributed by atoms with E-state index in [9.17, 15) is 4.79 Å². The van der Waals surface area contributed by atoms with Gasteiger partial charge in [0, 0.05) is 0 Å². The maximum absolute atomic E-state index is 11.4. The molecule has 82 valence electrons. The Morgan fingerprint density at radius 1 is 1.50 bits per heavy atom. The van der Waals surface area contributed by atoms with E-state index in [-0.39, 0.29) is 11.4 Å². The summed E-state index contributed by atoms with van der Waals surface area (Å²) in [4.78, 5) is 11.4. The van der Waals surface area contributed by atoms with Crippen LogP contribution < -0.4 is 11.1 Å². The van der Waals surface area contributed by atoms with Crippen LogP contribution in [0.3, 0.4) is 0 Å². The molecule has 14 heavy (non-hydrogen) atoms. The van der Waals surface area contributed by atoms with Crippen molar-refractivity contribution in [3.8, 4) is 0 Å². The van der Waals surface area contributed by atoms with E-state index in [2.05, 4.69) is 5.32 Å². The lowest BCUT2D eigenvalue weighted by Gasteiger charge is -2.35. The van der Waals surface area contributed by atoms with Crippen molar-refractivity contribution in [2.24, 2.45) is 11.1 Å². The van der Waals surface area contributed by atoms with Crippen LogP contribution in [-0.2, 0) is 9.53 Å². The molecule has 1 rings (SSSR count). The Morgan fingerprint density at radius 3 is 2.64 bits per heavy atom. The highest BCUT2D eigenvalue weighted by Crippen LogP contribution is 2.31. The van der Waals surface area contributed by atoms with Crippen molar-refractivity contribution in [1.82, 2.24) is 5.32 Å². The molecule has 1 heterocycles. The smallest absolute Gasteiger partial charge is 0.306 e. The summed E-state index contributed by atoms with van der Waals surface area (Å²) in [5, 5.41) is 3.27. The first-order valence-corrected chi connectivity index (χ1v) is 5.29. The number of nitrogens with two attached hydrogens (primary N) is 1. The Balaban J connectivity index is 2.47. The largest absolute Gasteiger partial charge is 0.466 e. The van der Waals surface area contributed by atoms with Crippen LogP contribution in [0.25, 0.3) is 0 Å². The SMILES string of the molecule is CCOC(=O)CC1(CN)CCNCC1. The van der Waals surface area contributed by atoms with Crippen LogP contribution in [0.5, 0.6) is 0 Å². The van der Waals surface area contributed by atoms with Crippen molar-refractivity contribution < 1.29 is 9.53 Å². The first-order valence-electron chi connectivity index (χ1n) is 5.29. The Labute approximate surface area is 85.2 Å². The minimum atomic E-state index is -0.111. The number of piperidine rings is 1. The fourth-order valence-electron chi connectivity index (χ4n) is 1.93. The van der Waals surface area contributed by atoms with Gasteiger partial charge < -0.3 is 15.8 Å². The number of hydrogen-bond donors (Lipinski definition) is 2. The number of carbonyl (C=O) groups is 1. The topological polar surface area (TPSA) is 64.3 Å². The molecule has 3 N–H and O–H groups in total. The Morgan fingerprint density at radius 2 is 2.14 bits per heavy atom. The molecule has 0 spiro atoms. The summed E-state index contributed by atoms with van der Waals surface area (Å²) in [5.41, 5.74) is 5.73. The van der Waals surface area contributed by atoms with Crippen molar-refractivity contribution >= 4 is 5.97 Å². The van der Waals surface area contributed by atoms with Crippen molar-refractivity contribution in [3.05, 3.63) is 0 Å². The van der Waals surface area contributed by atoms with Crippen molar-refractivity contribution in [2.75, 3.05) is 26.2 Å². The highest BCUT2D eigenvalue weighted by Gasteiger charge is 2.33. The second-order valence-electron chi connectivity index (χ2n) is 3.94. The summed E-state index contributed by atoms with van der Waals surface area (Å²) in [6.07, 6.45) is 2.42. The summed E-state index contributed by atoms with van der Waals surface area (Å²) >= 11 is 0. The van der Waals surface area contributed by atoms with Crippen molar-refractivity contribution in [3.63, 3.8) is 0 Å². The van der Waals surface area contributed by atoms with E-state index in [0.717, 1.165) is 25.9 Å². The van der Waals surface area contributed by atoms with Gasteiger partial charge in [0.1, 0.15) is 0 Å². The molecule has 0 amide bonds. The van der Waals surface area contributed by atoms with Gasteiger partial charge >= 0.3 is 5.97 Å². The van der Waals surface area contributed by atoms with Gasteiger partial charge in [-0.05, 0) is 44.8 Å². The number of nitrogens with one attached hydrogen (secondary N) is 1. The van der Waals surface area contributed by atoms with Gasteiger partial charge in [0.15, 0.2) is 0 Å². The van der Waals surface area contributed by atoms with Gasteiger partial charge in [-0.1, -0.05) is 0 Å². The Hall–Kier alpha value is -0.610. The summed E-state index contributed by atoms with van der Waals surface area (Å²) in [6, 6.07) is 0. The minimum Gasteiger partial charge on any atom is -0.466 e. The van der Waals surface area contributed by atoms with Crippen LogP contribution in [0.1, 0.15) is 26.2 Å². The number of rotatable bonds is 4. The lowest BCUT2D eigenvalue weighted by Crippen LogP contribution is -2.43. The molecule has 0 aliphatic carbocycles. The number of hydrogen-bond acceptors (Lipinski definition) is 4. The molecule has 1 fully saturated rings. The van der Waals surface area contributed by atoms with Crippen LogP contribution in [0.15, 0.2) is 0 Å². The van der Waals surface area contributed by atoms with Gasteiger partial charge in [-0.2, -0.15) is 0 Å². The number of carbonyl (C=O) groups excluding carboxylic acids is 1. The van der Waals surface area contributed by atoms with Crippen LogP contribution in [-0.4, -0.2) is 32.2 Å². The van der Waals surface area contributed by atoms with E-state index in [4.69, 9.17) is 10.5 Å². The van der Waals surface area contributed by atoms with E-state index in [1.165, 1.54) is 0 Å². The molecule has 1 saturated heterocycles. The molecule has 4 nitrogen and oxygen atoms in total. The van der Waals surface area contributed by atoms with E-state index in [1.807, 2.05) is 6.92 Å². The molecule has 4 heteroatoms. The van der Waals surface area contributed by atoms with Crippen molar-refractivity contribution in [2.45, 2.75) is 26.2 Å². The first kappa shape index (κ1) is 11.5. The monoisotopic (exact) mass is 200 g/mol. The van der Waals surface area contributed by atoms with E-state index < -0.39 is 0 Å². The number of ether oxygens (including phenoxy) is 1. The third-order valence-corrected chi connectivity index (χ3v) is 2.92. The fourth-order valence-corrected chi connectivity index (χ4v) is 1.93. The average Bonchev–Trinajstić information content (AvgIpc) is 2.19. The molecule has 0 atom stereocenters. The highest BCUT2D eigenvalue weighted by atomic mass is 16.5. The predicted octanol–water partition coefficient (Wildman–Crippen LogP) is 0.268. The zero-order chi connectivity index (χ0) is 10.4. The van der Waals surface area contributed by atoms with Crippen molar-refractivity contribution in [1.29, 1.82) is 0 Å². The van der Waals surface area contributed by atoms with Gasteiger partial charge in [-0.3, -0.25) is 4.79 Å². The van der Waals surface area contributed by atoms with Crippen LogP contribution in [0, 0.1) is 5.41 Å². The summed E-state index contributed by atoms with van der Waals surface area (Å²) < 4.78 is 4.96. The quantitative estimate of drug-likeness (QED) is 0.639. The highest BCUT2D eigenvalue weighted by molar-refractivity contribution is 5.70. The predicted molar refractivity (Wildman–Crippen MR) is 54.8 cm³/mol. The molecule has 0 radical (unpaired) electrons. The average molecular weight is 200 g/mol. The maximum atomic E-state index is 11.4. The van der Waals surface area contributed by atoms with Gasteiger partial charge in [0.2, 0.25) is 0 Å². The summed E-state index contributed by atoms with van der Waals surface area (Å²) in [7, 11) is 0. The van der Waals surface area contributed by atoms with Crippen LogP contribution in [0.4, 0.5) is 0 Å². The Bertz CT molecular complexity index is 189. The molecule has 0 bridgehead atoms. The zero-order valence-corrected chi connectivity index (χ0v) is 8.84. The molecule has 0 aromatic rings. The minimum absolute atomic E-state index is 0.0164. The fraction of sp³-hybridized carbons (Fsp3) is 0.900. The van der Waals surface area contributed by atoms with E-state index in [0.29, 0.717) is 19.6 Å². The van der Waals surface area contributed by atoms with Gasteiger partial charge in [-0.15, -0.1) is 0 Å². The first-order chi connectivity index (χ1) is 6.72. The molecule has 0 saturated carbocycles. The van der Waals surface area contributed by atoms with Gasteiger partial charge in [0.05, 0.1) is 13.0 Å². The second kappa shape index (κ2) is 5.32. The molecule has 0 unspecified atom stereocenters. The molecular formula is C10H20N2O2. The third-order valence-electron chi connectivity index (χ3n) is 2.92. The Kier molecular flexibility index (Phi) is 4.35. The van der Waals surface area contributed by atoms with Gasteiger partial charge in [-0.25, -0.2) is 0 Å². The molecule has 1 aliphatic heterocycles. The third kappa shape index (κ3) is 2.96. The second-order valence-corrected chi connectivity index (χ2v) is 3.94. The van der Waals surface area contributed by atoms with E-state index in [1.54, 1.807) is 0 Å². The molecule has 0 aromatic carbocycles. The normalized spacial score (nSPS) is 20.4. The molecule has 0 aromatic heterocycles. The summed E-state index contributed by atoms with van der Waals surface area (Å²) in [6.45, 7) is 4.77. The summed E-state index contributed by atoms with van der Waals surface area (Å²) in [5.74, 6) is -0.111. The number of esters is 1. The molecule has 1 aliphatic rings. The molecular weight excluding hydrogens is 180 g/mol.